The number of halogens is 2. The molecule has 0 radical (unpaired) electrons. The molecule has 0 spiro atoms. The molecule has 82 valence electrons. The maximum atomic E-state index is 12.2. The van der Waals surface area contributed by atoms with Gasteiger partial charge in [0.25, 0.3) is 5.56 Å². The Morgan fingerprint density at radius 2 is 2.19 bits per heavy atom. The summed E-state index contributed by atoms with van der Waals surface area (Å²) < 4.78 is 2.39. The Kier molecular flexibility index (Phi) is 2.30. The maximum Gasteiger partial charge on any atom is 0.262 e. The number of benzene rings is 1. The van der Waals surface area contributed by atoms with Crippen LogP contribution in [0.1, 0.15) is 18.9 Å². The molecule has 0 aliphatic heterocycles. The molecule has 16 heavy (non-hydrogen) atoms. The van der Waals surface area contributed by atoms with Gasteiger partial charge in [0.1, 0.15) is 0 Å². The molecule has 2 aromatic rings. The minimum absolute atomic E-state index is 0.0428. The van der Waals surface area contributed by atoms with Crippen LogP contribution in [0.15, 0.2) is 27.5 Å². The van der Waals surface area contributed by atoms with E-state index in [1.165, 1.54) is 0 Å². The van der Waals surface area contributed by atoms with Crippen LogP contribution >= 0.6 is 27.5 Å². The van der Waals surface area contributed by atoms with E-state index in [0.29, 0.717) is 10.9 Å². The van der Waals surface area contributed by atoms with Crippen LogP contribution in [-0.4, -0.2) is 9.55 Å². The van der Waals surface area contributed by atoms with E-state index in [1.807, 2.05) is 12.1 Å². The van der Waals surface area contributed by atoms with Gasteiger partial charge >= 0.3 is 0 Å². The first-order valence-electron chi connectivity index (χ1n) is 5.05. The predicted octanol–water partition coefficient (Wildman–Crippen LogP) is 3.15. The average molecular weight is 300 g/mol. The van der Waals surface area contributed by atoms with Gasteiger partial charge in [0.15, 0.2) is 0 Å². The van der Waals surface area contributed by atoms with Crippen LogP contribution in [0.3, 0.4) is 0 Å². The molecule has 3 rings (SSSR count). The Labute approximate surface area is 105 Å². The van der Waals surface area contributed by atoms with E-state index in [-0.39, 0.29) is 16.9 Å². The lowest BCUT2D eigenvalue weighted by molar-refractivity contribution is 0.699. The zero-order valence-electron chi connectivity index (χ0n) is 8.28. The van der Waals surface area contributed by atoms with Gasteiger partial charge in [0.2, 0.25) is 5.28 Å². The summed E-state index contributed by atoms with van der Waals surface area (Å²) in [4.78, 5) is 16.5. The van der Waals surface area contributed by atoms with Gasteiger partial charge in [-0.25, -0.2) is 4.98 Å². The highest BCUT2D eigenvalue weighted by Crippen LogP contribution is 2.36. The minimum Gasteiger partial charge on any atom is -0.280 e. The lowest BCUT2D eigenvalue weighted by Crippen LogP contribution is -2.21. The van der Waals surface area contributed by atoms with E-state index >= 15 is 0 Å². The zero-order chi connectivity index (χ0) is 11.3. The molecule has 0 bridgehead atoms. The molecule has 0 unspecified atom stereocenters. The highest BCUT2D eigenvalue weighted by Gasteiger charge is 2.28. The van der Waals surface area contributed by atoms with Crippen molar-refractivity contribution in [3.8, 4) is 0 Å². The van der Waals surface area contributed by atoms with Gasteiger partial charge in [-0.3, -0.25) is 9.36 Å². The topological polar surface area (TPSA) is 34.9 Å². The molecule has 0 saturated heterocycles. The second kappa shape index (κ2) is 3.57. The lowest BCUT2D eigenvalue weighted by Gasteiger charge is -2.08. The molecular formula is C11H8BrClN2O. The lowest BCUT2D eigenvalue weighted by atomic mass is 10.2. The molecule has 0 N–H and O–H groups in total. The molecule has 1 heterocycles. The standard InChI is InChI=1S/C11H8BrClN2O/c12-8-3-1-2-7-9(8)14-11(13)15(10(7)16)6-4-5-6/h1-3,6H,4-5H2. The van der Waals surface area contributed by atoms with Crippen molar-refractivity contribution in [1.29, 1.82) is 0 Å². The highest BCUT2D eigenvalue weighted by atomic mass is 79.9. The molecule has 5 heteroatoms. The third-order valence-corrected chi connectivity index (χ3v) is 3.66. The number of para-hydroxylation sites is 1. The van der Waals surface area contributed by atoms with Gasteiger partial charge in [0.05, 0.1) is 10.9 Å². The summed E-state index contributed by atoms with van der Waals surface area (Å²) >= 11 is 9.42. The Hall–Kier alpha value is -0.870. The van der Waals surface area contributed by atoms with E-state index in [1.54, 1.807) is 10.6 Å². The summed E-state index contributed by atoms with van der Waals surface area (Å²) in [6.07, 6.45) is 2.03. The summed E-state index contributed by atoms with van der Waals surface area (Å²) in [6.45, 7) is 0. The van der Waals surface area contributed by atoms with Gasteiger partial charge < -0.3 is 0 Å². The third kappa shape index (κ3) is 1.48. The second-order valence-electron chi connectivity index (χ2n) is 3.92. The predicted molar refractivity (Wildman–Crippen MR) is 67.0 cm³/mol. The van der Waals surface area contributed by atoms with Gasteiger partial charge in [-0.2, -0.15) is 0 Å². The van der Waals surface area contributed by atoms with Crippen molar-refractivity contribution in [2.45, 2.75) is 18.9 Å². The first-order chi connectivity index (χ1) is 7.68. The summed E-state index contributed by atoms with van der Waals surface area (Å²) in [7, 11) is 0. The first-order valence-corrected chi connectivity index (χ1v) is 6.22. The van der Waals surface area contributed by atoms with Crippen molar-refractivity contribution in [1.82, 2.24) is 9.55 Å². The average Bonchev–Trinajstić information content (AvgIpc) is 3.04. The van der Waals surface area contributed by atoms with Crippen molar-refractivity contribution >= 4 is 38.4 Å². The van der Waals surface area contributed by atoms with E-state index in [0.717, 1.165) is 17.3 Å². The maximum absolute atomic E-state index is 12.2. The van der Waals surface area contributed by atoms with E-state index < -0.39 is 0 Å². The molecule has 0 amide bonds. The first kappa shape index (κ1) is 10.3. The summed E-state index contributed by atoms with van der Waals surface area (Å²) in [5.41, 5.74) is 0.591. The quantitative estimate of drug-likeness (QED) is 0.758. The molecule has 3 nitrogen and oxygen atoms in total. The summed E-state index contributed by atoms with van der Waals surface area (Å²) in [6, 6.07) is 5.72. The van der Waals surface area contributed by atoms with Crippen molar-refractivity contribution in [2.75, 3.05) is 0 Å². The fraction of sp³-hybridized carbons (Fsp3) is 0.273. The normalized spacial score (nSPS) is 15.6. The molecule has 1 fully saturated rings. The Balaban J connectivity index is 2.43. The molecule has 1 aromatic carbocycles. The number of hydrogen-bond donors (Lipinski definition) is 0. The van der Waals surface area contributed by atoms with Crippen LogP contribution in [0.2, 0.25) is 5.28 Å². The largest absolute Gasteiger partial charge is 0.280 e. The van der Waals surface area contributed by atoms with Crippen molar-refractivity contribution < 1.29 is 0 Å². The smallest absolute Gasteiger partial charge is 0.262 e. The molecule has 1 aromatic heterocycles. The van der Waals surface area contributed by atoms with Crippen LogP contribution in [0.25, 0.3) is 10.9 Å². The van der Waals surface area contributed by atoms with Crippen LogP contribution in [0.5, 0.6) is 0 Å². The monoisotopic (exact) mass is 298 g/mol. The van der Waals surface area contributed by atoms with E-state index in [9.17, 15) is 4.79 Å². The van der Waals surface area contributed by atoms with E-state index in [2.05, 4.69) is 20.9 Å². The van der Waals surface area contributed by atoms with Gasteiger partial charge in [0, 0.05) is 10.5 Å². The van der Waals surface area contributed by atoms with Gasteiger partial charge in [-0.15, -0.1) is 0 Å². The molecule has 1 saturated carbocycles. The van der Waals surface area contributed by atoms with E-state index in [4.69, 9.17) is 11.6 Å². The number of fused-ring (bicyclic) bond motifs is 1. The van der Waals surface area contributed by atoms with Crippen molar-refractivity contribution in [2.24, 2.45) is 0 Å². The Morgan fingerprint density at radius 1 is 1.44 bits per heavy atom. The van der Waals surface area contributed by atoms with Crippen LogP contribution in [0.4, 0.5) is 0 Å². The highest BCUT2D eigenvalue weighted by molar-refractivity contribution is 9.10. The summed E-state index contributed by atoms with van der Waals surface area (Å²) in [5.74, 6) is 0. The van der Waals surface area contributed by atoms with Crippen molar-refractivity contribution in [3.05, 3.63) is 38.3 Å². The summed E-state index contributed by atoms with van der Waals surface area (Å²) in [5, 5.41) is 0.901. The molecule has 1 aliphatic carbocycles. The van der Waals surface area contributed by atoms with Crippen LogP contribution in [0, 0.1) is 0 Å². The van der Waals surface area contributed by atoms with Gasteiger partial charge in [-0.05, 0) is 52.5 Å². The van der Waals surface area contributed by atoms with Gasteiger partial charge in [-0.1, -0.05) is 6.07 Å². The Morgan fingerprint density at radius 3 is 2.88 bits per heavy atom. The third-order valence-electron chi connectivity index (χ3n) is 2.75. The fourth-order valence-corrected chi connectivity index (χ4v) is 2.56. The fourth-order valence-electron chi connectivity index (χ4n) is 1.81. The zero-order valence-corrected chi connectivity index (χ0v) is 10.6. The number of aromatic nitrogens is 2. The SMILES string of the molecule is O=c1c2cccc(Br)c2nc(Cl)n1C1CC1. The minimum atomic E-state index is -0.0428. The van der Waals surface area contributed by atoms with Crippen molar-refractivity contribution in [3.63, 3.8) is 0 Å². The molecule has 1 aliphatic rings. The second-order valence-corrected chi connectivity index (χ2v) is 5.12. The van der Waals surface area contributed by atoms with Crippen LogP contribution in [-0.2, 0) is 0 Å². The molecular weight excluding hydrogens is 291 g/mol. The number of hydrogen-bond acceptors (Lipinski definition) is 2. The number of nitrogens with zero attached hydrogens (tertiary/aromatic N) is 2. The molecule has 0 atom stereocenters. The Bertz CT molecular complexity index is 634. The van der Waals surface area contributed by atoms with Crippen LogP contribution < -0.4 is 5.56 Å². The number of rotatable bonds is 1.